The van der Waals surface area contributed by atoms with Crippen molar-refractivity contribution in [2.45, 2.75) is 89.4 Å². The van der Waals surface area contributed by atoms with Gasteiger partial charge >= 0.3 is 0 Å². The number of fused-ring (bicyclic) bond motifs is 3. The molecule has 2 aliphatic heterocycles. The summed E-state index contributed by atoms with van der Waals surface area (Å²) in [5, 5.41) is 3.23. The maximum Gasteiger partial charge on any atom is 0.220 e. The Balaban J connectivity index is 0.887. The number of nitrogens with zero attached hydrogens (tertiary/aromatic N) is 4. The molecule has 0 unspecified atom stereocenters. The second kappa shape index (κ2) is 18.4. The highest BCUT2D eigenvalue weighted by Gasteiger charge is 2.42. The zero-order valence-corrected chi connectivity index (χ0v) is 39.6. The molecule has 0 saturated heterocycles. The van der Waals surface area contributed by atoms with E-state index in [0.717, 1.165) is 54.6 Å². The number of carbonyl (C=O) groups is 1. The van der Waals surface area contributed by atoms with Gasteiger partial charge in [0.15, 0.2) is 5.71 Å². The van der Waals surface area contributed by atoms with E-state index in [1.165, 1.54) is 75.6 Å². The summed E-state index contributed by atoms with van der Waals surface area (Å²) in [6.07, 6.45) is 15.3. The molecule has 10 heteroatoms. The number of unbranched alkanes of at least 4 members (excludes halogenated alkanes) is 1. The quantitative estimate of drug-likeness (QED) is 0.0454. The number of anilines is 1. The normalized spacial score (nSPS) is 16.2. The SMILES string of the molecule is CCc1ccc(-c2cc(SCCNC(=O)CCCCN3/C(=C/C=C/C=C/C4=[N+](C)c5ccccc5C4(C)C)C(C)(C)c4ccccc43)c(-c3ccc(CC)s3)c3nsnc23)s1. The number of benzene rings is 3. The van der Waals surface area contributed by atoms with Crippen LogP contribution in [0.1, 0.15) is 81.7 Å². The third-order valence-corrected chi connectivity index (χ3v) is 16.3. The van der Waals surface area contributed by atoms with Crippen LogP contribution in [0.25, 0.3) is 31.9 Å². The lowest BCUT2D eigenvalue weighted by Gasteiger charge is -2.27. The molecule has 2 aliphatic rings. The molecule has 314 valence electrons. The van der Waals surface area contributed by atoms with E-state index in [2.05, 4.69) is 173 Å². The van der Waals surface area contributed by atoms with Gasteiger partial charge in [-0.05, 0) is 87.6 Å². The number of aryl methyl sites for hydroxylation is 2. The first-order chi connectivity index (χ1) is 29.5. The molecule has 1 amide bonds. The lowest BCUT2D eigenvalue weighted by Crippen LogP contribution is -2.28. The fraction of sp³-hybridized carbons (Fsp3) is 0.333. The minimum absolute atomic E-state index is 0.0491. The van der Waals surface area contributed by atoms with Crippen LogP contribution >= 0.6 is 46.2 Å². The fourth-order valence-corrected chi connectivity index (χ4v) is 12.5. The minimum atomic E-state index is -0.130. The van der Waals surface area contributed by atoms with Gasteiger partial charge in [0, 0.05) is 95.3 Å². The van der Waals surface area contributed by atoms with E-state index in [4.69, 9.17) is 8.75 Å². The first kappa shape index (κ1) is 43.1. The molecular formula is C51H56N5OS4+. The van der Waals surface area contributed by atoms with E-state index < -0.39 is 0 Å². The lowest BCUT2D eigenvalue weighted by molar-refractivity contribution is -0.401. The Morgan fingerprint density at radius 3 is 2.28 bits per heavy atom. The second-order valence-corrected chi connectivity index (χ2v) is 20.8. The van der Waals surface area contributed by atoms with Crippen LogP contribution in [0.3, 0.4) is 0 Å². The van der Waals surface area contributed by atoms with Crippen molar-refractivity contribution in [1.29, 1.82) is 0 Å². The van der Waals surface area contributed by atoms with Crippen LogP contribution in [-0.2, 0) is 28.5 Å². The standard InChI is InChI=1S/C51H55N5OS4/c1-8-34-26-28-41(59-34)36-33-43(47(49-48(36)53-61-54-49)42-29-27-35(9-2)60-42)58-32-30-52-46(57)25-17-18-31-56-40-22-16-14-20-38(40)51(5,6)45(56)24-12-10-11-23-44-50(3,4)37-19-13-15-21-39(37)55(44)7/h10-16,19-24,26-29,33H,8-9,17-18,25,30-32H2,1-7H3/p+1. The van der Waals surface area contributed by atoms with Gasteiger partial charge in [-0.1, -0.05) is 82.3 Å². The highest BCUT2D eigenvalue weighted by Crippen LogP contribution is 2.48. The average Bonchev–Trinajstić information content (AvgIpc) is 4.11. The van der Waals surface area contributed by atoms with E-state index in [1.54, 1.807) is 11.8 Å². The summed E-state index contributed by atoms with van der Waals surface area (Å²) in [5.41, 5.74) is 11.9. The Kier molecular flexibility index (Phi) is 13.0. The van der Waals surface area contributed by atoms with Crippen molar-refractivity contribution in [2.24, 2.45) is 0 Å². The molecule has 0 aliphatic carbocycles. The summed E-state index contributed by atoms with van der Waals surface area (Å²) >= 11 is 6.76. The molecule has 5 heterocycles. The van der Waals surface area contributed by atoms with Crippen LogP contribution in [0.2, 0.25) is 0 Å². The van der Waals surface area contributed by atoms with Crippen molar-refractivity contribution in [1.82, 2.24) is 14.1 Å². The Hall–Kier alpha value is -4.61. The highest BCUT2D eigenvalue weighted by molar-refractivity contribution is 7.99. The Labute approximate surface area is 378 Å². The molecule has 3 aromatic carbocycles. The van der Waals surface area contributed by atoms with Crippen LogP contribution in [-0.4, -0.2) is 50.8 Å². The van der Waals surface area contributed by atoms with Crippen LogP contribution < -0.4 is 10.2 Å². The third kappa shape index (κ3) is 8.61. The molecule has 1 N–H and O–H groups in total. The lowest BCUT2D eigenvalue weighted by atomic mass is 9.81. The minimum Gasteiger partial charge on any atom is -0.355 e. The van der Waals surface area contributed by atoms with Gasteiger partial charge in [0.2, 0.25) is 11.6 Å². The molecule has 6 nitrogen and oxygen atoms in total. The number of thioether (sulfide) groups is 1. The van der Waals surface area contributed by atoms with Gasteiger partial charge in [-0.15, -0.1) is 34.4 Å². The summed E-state index contributed by atoms with van der Waals surface area (Å²) in [5.74, 6) is 0.887. The molecule has 3 aromatic heterocycles. The van der Waals surface area contributed by atoms with Gasteiger partial charge in [-0.3, -0.25) is 4.79 Å². The number of allylic oxidation sites excluding steroid dienone is 6. The summed E-state index contributed by atoms with van der Waals surface area (Å²) in [6, 6.07) is 28.7. The van der Waals surface area contributed by atoms with Gasteiger partial charge in [0.25, 0.3) is 0 Å². The Morgan fingerprint density at radius 2 is 1.52 bits per heavy atom. The van der Waals surface area contributed by atoms with Crippen LogP contribution in [0.4, 0.5) is 11.4 Å². The number of hydrogen-bond acceptors (Lipinski definition) is 8. The topological polar surface area (TPSA) is 61.1 Å². The largest absolute Gasteiger partial charge is 0.355 e. The monoisotopic (exact) mass is 882 g/mol. The molecule has 8 rings (SSSR count). The number of aromatic nitrogens is 2. The van der Waals surface area contributed by atoms with Gasteiger partial charge < -0.3 is 10.2 Å². The maximum atomic E-state index is 13.2. The molecule has 0 saturated carbocycles. The number of nitrogens with one attached hydrogen (secondary N) is 1. The molecular weight excluding hydrogens is 827 g/mol. The van der Waals surface area contributed by atoms with Crippen molar-refractivity contribution >= 4 is 80.2 Å². The van der Waals surface area contributed by atoms with Gasteiger partial charge in [0.1, 0.15) is 18.1 Å². The first-order valence-corrected chi connectivity index (χ1v) is 24.9. The van der Waals surface area contributed by atoms with Crippen molar-refractivity contribution < 1.29 is 9.37 Å². The van der Waals surface area contributed by atoms with E-state index in [0.29, 0.717) is 13.0 Å². The van der Waals surface area contributed by atoms with Crippen molar-refractivity contribution in [3.8, 4) is 20.9 Å². The van der Waals surface area contributed by atoms with Gasteiger partial charge in [-0.25, -0.2) is 0 Å². The Morgan fingerprint density at radius 1 is 0.820 bits per heavy atom. The van der Waals surface area contributed by atoms with Crippen molar-refractivity contribution in [3.63, 3.8) is 0 Å². The van der Waals surface area contributed by atoms with E-state index in [9.17, 15) is 4.79 Å². The summed E-state index contributed by atoms with van der Waals surface area (Å²) in [6.45, 7) is 15.1. The number of hydrogen-bond donors (Lipinski definition) is 1. The number of thiophene rings is 2. The number of rotatable bonds is 16. The molecule has 0 radical (unpaired) electrons. The zero-order valence-electron chi connectivity index (χ0n) is 36.4. The van der Waals surface area contributed by atoms with E-state index in [1.807, 2.05) is 22.7 Å². The highest BCUT2D eigenvalue weighted by atomic mass is 32.2. The van der Waals surface area contributed by atoms with Gasteiger partial charge in [0.05, 0.1) is 17.1 Å². The summed E-state index contributed by atoms with van der Waals surface area (Å²) < 4.78 is 12.0. The second-order valence-electron chi connectivity index (χ2n) is 16.8. The van der Waals surface area contributed by atoms with Crippen LogP contribution in [0.5, 0.6) is 0 Å². The molecule has 6 aromatic rings. The van der Waals surface area contributed by atoms with E-state index >= 15 is 0 Å². The summed E-state index contributed by atoms with van der Waals surface area (Å²) in [4.78, 5) is 22.0. The number of carbonyl (C=O) groups excluding carboxylic acids is 1. The first-order valence-electron chi connectivity index (χ1n) is 21.5. The maximum absolute atomic E-state index is 13.2. The zero-order chi connectivity index (χ0) is 42.7. The number of amides is 1. The predicted molar refractivity (Wildman–Crippen MR) is 264 cm³/mol. The molecule has 0 spiro atoms. The average molecular weight is 883 g/mol. The molecule has 0 atom stereocenters. The smallest absolute Gasteiger partial charge is 0.220 e. The molecule has 61 heavy (non-hydrogen) atoms. The fourth-order valence-electron chi connectivity index (χ4n) is 8.91. The van der Waals surface area contributed by atoms with E-state index in [-0.39, 0.29) is 16.7 Å². The van der Waals surface area contributed by atoms with Crippen LogP contribution in [0, 0.1) is 0 Å². The Bertz CT molecular complexity index is 2690. The predicted octanol–water partition coefficient (Wildman–Crippen LogP) is 13.2. The number of para-hydroxylation sites is 2. The van der Waals surface area contributed by atoms with Gasteiger partial charge in [-0.2, -0.15) is 13.3 Å². The third-order valence-electron chi connectivity index (χ3n) is 12.2. The van der Waals surface area contributed by atoms with Crippen molar-refractivity contribution in [3.05, 3.63) is 136 Å². The van der Waals surface area contributed by atoms with Crippen molar-refractivity contribution in [2.75, 3.05) is 30.8 Å². The van der Waals surface area contributed by atoms with Crippen LogP contribution in [0.15, 0.2) is 120 Å². The summed E-state index contributed by atoms with van der Waals surface area (Å²) in [7, 11) is 2.16. The molecule has 0 fully saturated rings. The molecule has 0 bridgehead atoms.